The first-order chi connectivity index (χ1) is 10.3. The molecule has 5 heteroatoms. The Bertz CT molecular complexity index is 583. The number of nitrogens with zero attached hydrogens (tertiary/aromatic N) is 1. The first kappa shape index (κ1) is 17.6. The van der Waals surface area contributed by atoms with Gasteiger partial charge in [-0.05, 0) is 52.0 Å². The van der Waals surface area contributed by atoms with Crippen molar-refractivity contribution >= 4 is 24.1 Å². The summed E-state index contributed by atoms with van der Waals surface area (Å²) in [4.78, 5) is 27.1. The second-order valence-corrected chi connectivity index (χ2v) is 5.44. The topological polar surface area (TPSA) is 65.5 Å². The molecule has 1 rings (SSSR count). The van der Waals surface area contributed by atoms with Gasteiger partial charge in [-0.25, -0.2) is 14.6 Å². The molecule has 1 aromatic heterocycles. The van der Waals surface area contributed by atoms with Gasteiger partial charge in [-0.2, -0.15) is 0 Å². The summed E-state index contributed by atoms with van der Waals surface area (Å²) in [6.07, 6.45) is 5.76. The van der Waals surface area contributed by atoms with Crippen LogP contribution in [-0.2, 0) is 19.1 Å². The molecule has 0 aliphatic rings. The first-order valence-corrected chi connectivity index (χ1v) is 7.03. The third-order valence-electron chi connectivity index (χ3n) is 2.27. The molecule has 1 aromatic rings. The lowest BCUT2D eigenvalue weighted by atomic mass is 10.2. The Hall–Kier alpha value is -2.43. The van der Waals surface area contributed by atoms with E-state index in [1.165, 1.54) is 12.2 Å². The zero-order chi connectivity index (χ0) is 16.6. The van der Waals surface area contributed by atoms with E-state index in [1.54, 1.807) is 58.0 Å². The van der Waals surface area contributed by atoms with Gasteiger partial charge >= 0.3 is 11.9 Å². The van der Waals surface area contributed by atoms with E-state index in [-0.39, 0.29) is 0 Å². The largest absolute Gasteiger partial charge is 0.463 e. The third kappa shape index (κ3) is 7.38. The Morgan fingerprint density at radius 1 is 1.09 bits per heavy atom. The van der Waals surface area contributed by atoms with Crippen molar-refractivity contribution in [3.05, 3.63) is 41.7 Å². The molecule has 0 fully saturated rings. The molecule has 0 bridgehead atoms. The van der Waals surface area contributed by atoms with Crippen LogP contribution in [0.15, 0.2) is 30.4 Å². The number of rotatable bonds is 5. The number of ether oxygens (including phenoxy) is 2. The van der Waals surface area contributed by atoms with Crippen LogP contribution in [0, 0.1) is 0 Å². The predicted molar refractivity (Wildman–Crippen MR) is 84.8 cm³/mol. The number of carbonyl (C=O) groups is 2. The Labute approximate surface area is 130 Å². The summed E-state index contributed by atoms with van der Waals surface area (Å²) in [5.41, 5.74) is 0.662. The number of aromatic nitrogens is 1. The average Bonchev–Trinajstić information content (AvgIpc) is 2.42. The molecule has 118 valence electrons. The minimum Gasteiger partial charge on any atom is -0.463 e. The highest BCUT2D eigenvalue weighted by Gasteiger charge is 2.13. The summed E-state index contributed by atoms with van der Waals surface area (Å²) < 4.78 is 9.96. The maximum absolute atomic E-state index is 11.6. The van der Waals surface area contributed by atoms with Crippen LogP contribution in [0.1, 0.15) is 39.1 Å². The molecule has 0 aliphatic carbocycles. The lowest BCUT2D eigenvalue weighted by Gasteiger charge is -2.17. The fraction of sp³-hybridized carbons (Fsp3) is 0.353. The van der Waals surface area contributed by atoms with E-state index in [2.05, 4.69) is 4.98 Å². The molecule has 0 aliphatic heterocycles. The lowest BCUT2D eigenvalue weighted by molar-refractivity contribution is -0.148. The summed E-state index contributed by atoms with van der Waals surface area (Å²) in [6, 6.07) is 5.29. The van der Waals surface area contributed by atoms with Crippen molar-refractivity contribution in [1.82, 2.24) is 4.98 Å². The molecule has 0 spiro atoms. The van der Waals surface area contributed by atoms with Crippen LogP contribution in [-0.4, -0.2) is 29.1 Å². The van der Waals surface area contributed by atoms with Gasteiger partial charge in [0.25, 0.3) is 0 Å². The Morgan fingerprint density at radius 3 is 2.14 bits per heavy atom. The second kappa shape index (κ2) is 8.12. The van der Waals surface area contributed by atoms with E-state index in [0.717, 1.165) is 0 Å². The minimum atomic E-state index is -0.529. The summed E-state index contributed by atoms with van der Waals surface area (Å²) in [7, 11) is 0. The molecule has 0 unspecified atom stereocenters. The normalized spacial score (nSPS) is 11.8. The van der Waals surface area contributed by atoms with Gasteiger partial charge in [-0.1, -0.05) is 6.07 Å². The van der Waals surface area contributed by atoms with Gasteiger partial charge in [0, 0.05) is 12.2 Å². The van der Waals surface area contributed by atoms with Crippen molar-refractivity contribution in [2.45, 2.75) is 33.3 Å². The summed E-state index contributed by atoms with van der Waals surface area (Å²) in [5, 5.41) is 0. The number of hydrogen-bond acceptors (Lipinski definition) is 5. The van der Waals surface area contributed by atoms with E-state index in [1.807, 2.05) is 0 Å². The van der Waals surface area contributed by atoms with E-state index in [0.29, 0.717) is 18.0 Å². The van der Waals surface area contributed by atoms with E-state index in [9.17, 15) is 9.59 Å². The predicted octanol–water partition coefficient (Wildman–Crippen LogP) is 3.01. The van der Waals surface area contributed by atoms with Crippen molar-refractivity contribution in [2.75, 3.05) is 6.61 Å². The van der Waals surface area contributed by atoms with Crippen LogP contribution in [0.4, 0.5) is 0 Å². The van der Waals surface area contributed by atoms with Crippen molar-refractivity contribution in [2.24, 2.45) is 0 Å². The van der Waals surface area contributed by atoms with Gasteiger partial charge in [-0.3, -0.25) is 0 Å². The molecular weight excluding hydrogens is 282 g/mol. The van der Waals surface area contributed by atoms with Gasteiger partial charge in [-0.15, -0.1) is 0 Å². The smallest absolute Gasteiger partial charge is 0.331 e. The zero-order valence-corrected chi connectivity index (χ0v) is 13.3. The average molecular weight is 303 g/mol. The molecule has 0 saturated heterocycles. The number of hydrogen-bond donors (Lipinski definition) is 0. The fourth-order valence-electron chi connectivity index (χ4n) is 1.49. The first-order valence-electron chi connectivity index (χ1n) is 7.03. The molecule has 0 aromatic carbocycles. The summed E-state index contributed by atoms with van der Waals surface area (Å²) in [6.45, 7) is 7.48. The monoisotopic (exact) mass is 303 g/mol. The van der Waals surface area contributed by atoms with Crippen molar-refractivity contribution in [1.29, 1.82) is 0 Å². The van der Waals surface area contributed by atoms with E-state index in [4.69, 9.17) is 9.47 Å². The van der Waals surface area contributed by atoms with Crippen LogP contribution in [0.5, 0.6) is 0 Å². The van der Waals surface area contributed by atoms with Crippen LogP contribution in [0.2, 0.25) is 0 Å². The van der Waals surface area contributed by atoms with Crippen molar-refractivity contribution < 1.29 is 19.1 Å². The number of pyridine rings is 1. The Morgan fingerprint density at radius 2 is 1.64 bits per heavy atom. The zero-order valence-electron chi connectivity index (χ0n) is 13.3. The Balaban J connectivity index is 2.72. The van der Waals surface area contributed by atoms with Gasteiger partial charge in [0.2, 0.25) is 0 Å². The van der Waals surface area contributed by atoms with E-state index >= 15 is 0 Å². The van der Waals surface area contributed by atoms with Crippen LogP contribution < -0.4 is 0 Å². The minimum absolute atomic E-state index is 0.329. The maximum Gasteiger partial charge on any atom is 0.331 e. The summed E-state index contributed by atoms with van der Waals surface area (Å²) >= 11 is 0. The van der Waals surface area contributed by atoms with Crippen LogP contribution in [0.25, 0.3) is 12.2 Å². The van der Waals surface area contributed by atoms with Crippen molar-refractivity contribution in [3.8, 4) is 0 Å². The number of esters is 2. The maximum atomic E-state index is 11.6. The van der Waals surface area contributed by atoms with Gasteiger partial charge in [0.15, 0.2) is 0 Å². The van der Waals surface area contributed by atoms with Gasteiger partial charge in [0.1, 0.15) is 5.60 Å². The van der Waals surface area contributed by atoms with E-state index < -0.39 is 17.5 Å². The molecule has 0 radical (unpaired) electrons. The van der Waals surface area contributed by atoms with Crippen LogP contribution in [0.3, 0.4) is 0 Å². The molecule has 22 heavy (non-hydrogen) atoms. The lowest BCUT2D eigenvalue weighted by Crippen LogP contribution is -2.22. The molecule has 0 N–H and O–H groups in total. The SMILES string of the molecule is CCOC(=O)C=Cc1cccc(C=CC(=O)OC(C)(C)C)n1. The molecule has 0 saturated carbocycles. The fourth-order valence-corrected chi connectivity index (χ4v) is 1.49. The molecule has 1 heterocycles. The third-order valence-corrected chi connectivity index (χ3v) is 2.27. The molecular formula is C17H21NO4. The second-order valence-electron chi connectivity index (χ2n) is 5.44. The molecule has 0 amide bonds. The van der Waals surface area contributed by atoms with Crippen LogP contribution >= 0.6 is 0 Å². The Kier molecular flexibility index (Phi) is 6.50. The number of carbonyl (C=O) groups excluding carboxylic acids is 2. The quantitative estimate of drug-likeness (QED) is 0.618. The van der Waals surface area contributed by atoms with Gasteiger partial charge < -0.3 is 9.47 Å². The highest BCUT2D eigenvalue weighted by Crippen LogP contribution is 2.09. The highest BCUT2D eigenvalue weighted by atomic mass is 16.6. The van der Waals surface area contributed by atoms with Gasteiger partial charge in [0.05, 0.1) is 18.0 Å². The molecule has 5 nitrogen and oxygen atoms in total. The molecule has 0 atom stereocenters. The van der Waals surface area contributed by atoms with Crippen molar-refractivity contribution in [3.63, 3.8) is 0 Å². The highest BCUT2D eigenvalue weighted by molar-refractivity contribution is 5.87. The summed E-state index contributed by atoms with van der Waals surface area (Å²) in [5.74, 6) is -0.847. The standard InChI is InChI=1S/C17H21NO4/c1-5-21-15(19)11-9-13-7-6-8-14(18-13)10-12-16(20)22-17(2,3)4/h6-12H,5H2,1-4H3.